The van der Waals surface area contributed by atoms with Crippen LogP contribution in [0.3, 0.4) is 0 Å². The Hall–Kier alpha value is -3.55. The molecule has 214 valence electrons. The van der Waals surface area contributed by atoms with Crippen LogP contribution in [0.25, 0.3) is 17.4 Å². The van der Waals surface area contributed by atoms with E-state index in [9.17, 15) is 19.3 Å². The zero-order valence-electron chi connectivity index (χ0n) is 21.8. The summed E-state index contributed by atoms with van der Waals surface area (Å²) in [7, 11) is -4.15. The number of nitrogens with zero attached hydrogens (tertiary/aromatic N) is 3. The lowest BCUT2D eigenvalue weighted by molar-refractivity contribution is -0.171. The fourth-order valence-corrected chi connectivity index (χ4v) is 5.92. The van der Waals surface area contributed by atoms with E-state index in [1.165, 1.54) is 13.3 Å². The van der Waals surface area contributed by atoms with Crippen LogP contribution >= 0.6 is 7.75 Å². The minimum Gasteiger partial charge on any atom is -0.480 e. The van der Waals surface area contributed by atoms with E-state index >= 15 is 0 Å². The van der Waals surface area contributed by atoms with E-state index < -0.39 is 30.7 Å². The SMILES string of the molecule is CC(N[P@](=O)(OCC1(COC2CCCCO2)C/C1=C/n1cnc2c(=O)[nH]c(N)nc21)Oc1ccccc1)C(=O)O. The predicted octanol–water partition coefficient (Wildman–Crippen LogP) is 2.74. The van der Waals surface area contributed by atoms with E-state index in [0.29, 0.717) is 13.0 Å². The number of fused-ring (bicyclic) bond motifs is 1. The zero-order valence-corrected chi connectivity index (χ0v) is 22.7. The first-order valence-corrected chi connectivity index (χ1v) is 14.4. The Balaban J connectivity index is 1.40. The van der Waals surface area contributed by atoms with E-state index in [1.54, 1.807) is 41.1 Å². The molecular weight excluding hydrogens is 543 g/mol. The molecule has 1 aliphatic carbocycles. The van der Waals surface area contributed by atoms with Crippen LogP contribution < -0.4 is 20.9 Å². The molecule has 1 aromatic carbocycles. The highest BCUT2D eigenvalue weighted by Crippen LogP contribution is 2.56. The molecule has 0 spiro atoms. The molecular formula is C25H31N6O8P. The van der Waals surface area contributed by atoms with E-state index in [-0.39, 0.29) is 42.4 Å². The number of aromatic amines is 1. The van der Waals surface area contributed by atoms with Gasteiger partial charge >= 0.3 is 13.7 Å². The smallest absolute Gasteiger partial charge is 0.459 e. The van der Waals surface area contributed by atoms with Gasteiger partial charge in [0.2, 0.25) is 5.95 Å². The van der Waals surface area contributed by atoms with Crippen molar-refractivity contribution in [2.24, 2.45) is 5.41 Å². The van der Waals surface area contributed by atoms with E-state index in [2.05, 4.69) is 20.0 Å². The molecule has 3 aromatic rings. The number of hydrogen-bond donors (Lipinski definition) is 4. The van der Waals surface area contributed by atoms with Crippen molar-refractivity contribution in [3.05, 3.63) is 52.6 Å². The Kier molecular flexibility index (Phi) is 8.06. The number of nitrogens with two attached hydrogens (primary N) is 1. The van der Waals surface area contributed by atoms with Gasteiger partial charge in [-0.05, 0) is 50.3 Å². The van der Waals surface area contributed by atoms with Crippen LogP contribution in [0.15, 0.2) is 47.0 Å². The maximum Gasteiger partial charge on any atom is 0.459 e. The Morgan fingerprint density at radius 2 is 2.17 bits per heavy atom. The molecule has 2 aromatic heterocycles. The average molecular weight is 575 g/mol. The van der Waals surface area contributed by atoms with E-state index in [1.807, 2.05) is 0 Å². The Morgan fingerprint density at radius 1 is 1.38 bits per heavy atom. The van der Waals surface area contributed by atoms with Crippen LogP contribution in [-0.2, 0) is 23.4 Å². The summed E-state index contributed by atoms with van der Waals surface area (Å²) >= 11 is 0. The lowest BCUT2D eigenvalue weighted by atomic mass is 10.1. The van der Waals surface area contributed by atoms with Crippen molar-refractivity contribution >= 4 is 37.0 Å². The number of imidazole rings is 1. The Bertz CT molecular complexity index is 1500. The quantitative estimate of drug-likeness (QED) is 0.232. The molecule has 3 unspecified atom stereocenters. The van der Waals surface area contributed by atoms with E-state index in [4.69, 9.17) is 24.3 Å². The molecule has 1 saturated carbocycles. The van der Waals surface area contributed by atoms with Crippen molar-refractivity contribution in [2.45, 2.75) is 44.9 Å². The van der Waals surface area contributed by atoms with Gasteiger partial charge in [0.15, 0.2) is 17.5 Å². The molecule has 2 aliphatic rings. The summed E-state index contributed by atoms with van der Waals surface area (Å²) in [6.45, 7) is 2.03. The Morgan fingerprint density at radius 3 is 2.90 bits per heavy atom. The monoisotopic (exact) mass is 574 g/mol. The fourth-order valence-electron chi connectivity index (χ4n) is 4.34. The van der Waals surface area contributed by atoms with E-state index in [0.717, 1.165) is 24.8 Å². The predicted molar refractivity (Wildman–Crippen MR) is 144 cm³/mol. The maximum atomic E-state index is 13.8. The minimum absolute atomic E-state index is 0.0431. The van der Waals surface area contributed by atoms with Crippen LogP contribution in [-0.4, -0.2) is 62.7 Å². The summed E-state index contributed by atoms with van der Waals surface area (Å²) in [5.41, 5.74) is 5.80. The van der Waals surface area contributed by atoms with Gasteiger partial charge in [-0.2, -0.15) is 10.1 Å². The highest BCUT2D eigenvalue weighted by molar-refractivity contribution is 7.52. The number of hydrogen-bond acceptors (Lipinski definition) is 10. The highest BCUT2D eigenvalue weighted by atomic mass is 31.2. The van der Waals surface area contributed by atoms with Crippen LogP contribution in [0, 0.1) is 5.41 Å². The second-order valence-electron chi connectivity index (χ2n) is 9.86. The molecule has 1 saturated heterocycles. The topological polar surface area (TPSA) is 193 Å². The van der Waals surface area contributed by atoms with Gasteiger partial charge in [0.1, 0.15) is 18.1 Å². The van der Waals surface area contributed by atoms with Crippen molar-refractivity contribution in [1.29, 1.82) is 0 Å². The molecule has 5 N–H and O–H groups in total. The second-order valence-corrected chi connectivity index (χ2v) is 11.6. The standard InChI is InChI=1S/C25H31N6O8P/c1-16(23(33)34)30-40(35,39-18-7-3-2-4-8-18)38-14-25(13-37-19-9-5-6-10-36-19)11-17(25)12-31-15-27-20-21(31)28-24(26)29-22(20)32/h2-4,7-8,12,15-16,19H,5-6,9-11,13-14H2,1H3,(H,30,35)(H,33,34)(H3,26,28,29,32)/b17-12-/t16?,19?,25?,40-/m0/s1. The normalized spacial score (nSPS) is 24.0. The summed E-state index contributed by atoms with van der Waals surface area (Å²) in [6.07, 6.45) is 6.03. The molecule has 4 atom stereocenters. The number of para-hydroxylation sites is 1. The summed E-state index contributed by atoms with van der Waals surface area (Å²) in [4.78, 5) is 34.5. The van der Waals surface area contributed by atoms with Gasteiger partial charge in [-0.25, -0.2) is 9.55 Å². The number of nitrogens with one attached hydrogen (secondary N) is 2. The first-order valence-electron chi connectivity index (χ1n) is 12.8. The largest absolute Gasteiger partial charge is 0.480 e. The molecule has 1 aliphatic heterocycles. The molecule has 0 amide bonds. The number of carboxylic acid groups (broad SMARTS) is 1. The number of carboxylic acids is 1. The van der Waals surface area contributed by atoms with Crippen molar-refractivity contribution in [1.82, 2.24) is 24.6 Å². The third kappa shape index (κ3) is 6.43. The number of anilines is 1. The molecule has 2 fully saturated rings. The average Bonchev–Trinajstić information content (AvgIpc) is 3.46. The first kappa shape index (κ1) is 28.0. The van der Waals surface area contributed by atoms with Gasteiger partial charge in [-0.1, -0.05) is 18.2 Å². The van der Waals surface area contributed by atoms with Crippen molar-refractivity contribution in [3.8, 4) is 5.75 Å². The first-order chi connectivity index (χ1) is 19.2. The lowest BCUT2D eigenvalue weighted by Crippen LogP contribution is -2.34. The van der Waals surface area contributed by atoms with Crippen LogP contribution in [0.1, 0.15) is 32.6 Å². The minimum atomic E-state index is -4.15. The molecule has 40 heavy (non-hydrogen) atoms. The van der Waals surface area contributed by atoms with Crippen molar-refractivity contribution in [3.63, 3.8) is 0 Å². The molecule has 0 bridgehead atoms. The van der Waals surface area contributed by atoms with Crippen LogP contribution in [0.2, 0.25) is 0 Å². The zero-order chi connectivity index (χ0) is 28.3. The van der Waals surface area contributed by atoms with Crippen LogP contribution in [0.5, 0.6) is 5.75 Å². The van der Waals surface area contributed by atoms with Gasteiger partial charge in [0.05, 0.1) is 13.2 Å². The second kappa shape index (κ2) is 11.5. The fraction of sp³-hybridized carbons (Fsp3) is 0.440. The number of rotatable bonds is 12. The molecule has 3 heterocycles. The molecule has 15 heteroatoms. The summed E-state index contributed by atoms with van der Waals surface area (Å²) in [5, 5.41) is 11.9. The third-order valence-corrected chi connectivity index (χ3v) is 8.34. The van der Waals surface area contributed by atoms with Crippen molar-refractivity contribution in [2.75, 3.05) is 25.6 Å². The maximum absolute atomic E-state index is 13.8. The number of aromatic nitrogens is 4. The van der Waals surface area contributed by atoms with Gasteiger partial charge in [-0.3, -0.25) is 23.7 Å². The van der Waals surface area contributed by atoms with Gasteiger partial charge < -0.3 is 24.8 Å². The number of carbonyl (C=O) groups is 1. The molecule has 5 rings (SSSR count). The van der Waals surface area contributed by atoms with Gasteiger partial charge in [-0.15, -0.1) is 0 Å². The summed E-state index contributed by atoms with van der Waals surface area (Å²) in [5.74, 6) is -1.01. The van der Waals surface area contributed by atoms with Gasteiger partial charge in [0.25, 0.3) is 5.56 Å². The number of H-pyrrole nitrogens is 1. The number of benzene rings is 1. The third-order valence-electron chi connectivity index (χ3n) is 6.72. The lowest BCUT2D eigenvalue weighted by Gasteiger charge is -2.27. The number of ether oxygens (including phenoxy) is 2. The summed E-state index contributed by atoms with van der Waals surface area (Å²) < 4.78 is 38.7. The van der Waals surface area contributed by atoms with Crippen LogP contribution in [0.4, 0.5) is 5.95 Å². The summed E-state index contributed by atoms with van der Waals surface area (Å²) in [6, 6.07) is 7.14. The Labute approximate surface area is 229 Å². The van der Waals surface area contributed by atoms with Gasteiger partial charge in [0, 0.05) is 18.2 Å². The number of nitrogen functional groups attached to an aromatic ring is 1. The molecule has 14 nitrogen and oxygen atoms in total. The molecule has 0 radical (unpaired) electrons. The number of aliphatic carboxylic acids is 1. The highest BCUT2D eigenvalue weighted by Gasteiger charge is 2.52. The van der Waals surface area contributed by atoms with Crippen molar-refractivity contribution < 1.29 is 33.0 Å².